The molecule has 1 fully saturated rings. The van der Waals surface area contributed by atoms with Crippen LogP contribution >= 0.6 is 11.6 Å². The molecule has 1 aliphatic carbocycles. The highest BCUT2D eigenvalue weighted by atomic mass is 35.5. The fourth-order valence-corrected chi connectivity index (χ4v) is 2.25. The van der Waals surface area contributed by atoms with Crippen LogP contribution in [0.5, 0.6) is 0 Å². The fourth-order valence-electron chi connectivity index (χ4n) is 2.08. The quantitative estimate of drug-likeness (QED) is 0.684. The maximum Gasteiger partial charge on any atom is 0.146 e. The second-order valence-corrected chi connectivity index (χ2v) is 4.96. The van der Waals surface area contributed by atoms with Crippen LogP contribution in [0.2, 0.25) is 0 Å². The van der Waals surface area contributed by atoms with Gasteiger partial charge in [0, 0.05) is 18.5 Å². The summed E-state index contributed by atoms with van der Waals surface area (Å²) in [6.45, 7) is 3.12. The maximum atomic E-state index is 14.0. The summed E-state index contributed by atoms with van der Waals surface area (Å²) in [5.74, 6) is 0.237. The molecule has 0 radical (unpaired) electrons. The molecule has 0 spiro atoms. The average Bonchev–Trinajstić information content (AvgIpc) is 3.15. The number of hydrogen-bond donors (Lipinski definition) is 0. The van der Waals surface area contributed by atoms with Crippen molar-refractivity contribution in [2.45, 2.75) is 44.5 Å². The van der Waals surface area contributed by atoms with Crippen molar-refractivity contribution in [1.29, 1.82) is 0 Å². The van der Waals surface area contributed by atoms with Gasteiger partial charge in [0.25, 0.3) is 0 Å². The van der Waals surface area contributed by atoms with Crippen LogP contribution in [0, 0.1) is 5.82 Å². The highest BCUT2D eigenvalue weighted by molar-refractivity contribution is 6.17. The first-order valence-corrected chi connectivity index (χ1v) is 6.90. The highest BCUT2D eigenvalue weighted by Crippen LogP contribution is 2.33. The highest BCUT2D eigenvalue weighted by Gasteiger charge is 2.30. The van der Waals surface area contributed by atoms with E-state index in [2.05, 4.69) is 11.8 Å². The van der Waals surface area contributed by atoms with Crippen LogP contribution in [-0.4, -0.2) is 12.6 Å². The van der Waals surface area contributed by atoms with Crippen molar-refractivity contribution in [1.82, 2.24) is 0 Å². The standard InChI is InChI=1S/C14H19ClFN/c1-2-3-8-17(12-5-6-12)14-7-4-11(10-15)9-13(14)16/h4,7,9,12H,2-3,5-6,8,10H2,1H3. The Bertz CT molecular complexity index is 376. The Morgan fingerprint density at radius 3 is 2.71 bits per heavy atom. The number of halogens is 2. The number of anilines is 1. The molecule has 0 saturated heterocycles. The summed E-state index contributed by atoms with van der Waals surface area (Å²) in [5, 5.41) is 0. The minimum absolute atomic E-state index is 0.133. The van der Waals surface area contributed by atoms with Crippen LogP contribution in [0.15, 0.2) is 18.2 Å². The van der Waals surface area contributed by atoms with Crippen molar-refractivity contribution >= 4 is 17.3 Å². The zero-order chi connectivity index (χ0) is 12.3. The molecule has 0 aliphatic heterocycles. The third kappa shape index (κ3) is 3.12. The Kier molecular flexibility index (Phi) is 4.27. The smallest absolute Gasteiger partial charge is 0.146 e. The molecule has 17 heavy (non-hydrogen) atoms. The number of alkyl halides is 1. The minimum atomic E-state index is -0.133. The number of hydrogen-bond acceptors (Lipinski definition) is 1. The third-order valence-electron chi connectivity index (χ3n) is 3.22. The molecular formula is C14H19ClFN. The molecule has 1 nitrogen and oxygen atoms in total. The van der Waals surface area contributed by atoms with Crippen LogP contribution in [0.4, 0.5) is 10.1 Å². The van der Waals surface area contributed by atoms with E-state index >= 15 is 0 Å². The first-order valence-electron chi connectivity index (χ1n) is 6.37. The second kappa shape index (κ2) is 5.72. The van der Waals surface area contributed by atoms with Crippen molar-refractivity contribution in [3.05, 3.63) is 29.6 Å². The van der Waals surface area contributed by atoms with E-state index in [0.717, 1.165) is 30.6 Å². The Morgan fingerprint density at radius 1 is 1.41 bits per heavy atom. The lowest BCUT2D eigenvalue weighted by atomic mass is 10.2. The van der Waals surface area contributed by atoms with Crippen LogP contribution in [-0.2, 0) is 5.88 Å². The summed E-state index contributed by atoms with van der Waals surface area (Å²) in [6, 6.07) is 5.91. The normalized spacial score (nSPS) is 15.0. The van der Waals surface area contributed by atoms with Crippen LogP contribution in [0.25, 0.3) is 0 Å². The predicted molar refractivity (Wildman–Crippen MR) is 71.2 cm³/mol. The Balaban J connectivity index is 2.16. The summed E-state index contributed by atoms with van der Waals surface area (Å²) in [5.41, 5.74) is 1.59. The van der Waals surface area contributed by atoms with Crippen molar-refractivity contribution in [2.24, 2.45) is 0 Å². The van der Waals surface area contributed by atoms with Crippen LogP contribution < -0.4 is 4.90 Å². The monoisotopic (exact) mass is 255 g/mol. The van der Waals surface area contributed by atoms with E-state index in [1.807, 2.05) is 12.1 Å². The van der Waals surface area contributed by atoms with Gasteiger partial charge >= 0.3 is 0 Å². The predicted octanol–water partition coefficient (Wildman–Crippen LogP) is 4.33. The fraction of sp³-hybridized carbons (Fsp3) is 0.571. The molecule has 0 aromatic heterocycles. The van der Waals surface area contributed by atoms with E-state index in [9.17, 15) is 4.39 Å². The second-order valence-electron chi connectivity index (χ2n) is 4.70. The lowest BCUT2D eigenvalue weighted by Crippen LogP contribution is -2.27. The Hall–Kier alpha value is -0.760. The molecule has 1 aromatic rings. The molecule has 0 bridgehead atoms. The molecule has 0 amide bonds. The SMILES string of the molecule is CCCCN(c1ccc(CCl)cc1F)C1CC1. The van der Waals surface area contributed by atoms with Gasteiger partial charge in [-0.25, -0.2) is 4.39 Å². The maximum absolute atomic E-state index is 14.0. The first-order chi connectivity index (χ1) is 8.26. The molecule has 1 saturated carbocycles. The number of unbranched alkanes of at least 4 members (excludes halogenated alkanes) is 1. The van der Waals surface area contributed by atoms with Gasteiger partial charge in [0.15, 0.2) is 0 Å². The lowest BCUT2D eigenvalue weighted by molar-refractivity contribution is 0.608. The molecule has 94 valence electrons. The summed E-state index contributed by atoms with van der Waals surface area (Å²) in [7, 11) is 0. The summed E-state index contributed by atoms with van der Waals surface area (Å²) < 4.78 is 14.0. The van der Waals surface area contributed by atoms with Gasteiger partial charge < -0.3 is 4.90 Å². The largest absolute Gasteiger partial charge is 0.366 e. The van der Waals surface area contributed by atoms with Crippen molar-refractivity contribution in [3.8, 4) is 0 Å². The first kappa shape index (κ1) is 12.7. The lowest BCUT2D eigenvalue weighted by Gasteiger charge is -2.25. The molecule has 0 atom stereocenters. The Labute approximate surface area is 108 Å². The van der Waals surface area contributed by atoms with Crippen molar-refractivity contribution < 1.29 is 4.39 Å². The van der Waals surface area contributed by atoms with Gasteiger partial charge in [0.2, 0.25) is 0 Å². The van der Waals surface area contributed by atoms with Crippen molar-refractivity contribution in [3.63, 3.8) is 0 Å². The van der Waals surface area contributed by atoms with Gasteiger partial charge in [-0.3, -0.25) is 0 Å². The van der Waals surface area contributed by atoms with E-state index in [1.54, 1.807) is 6.07 Å². The topological polar surface area (TPSA) is 3.24 Å². The number of rotatable bonds is 6. The van der Waals surface area contributed by atoms with Gasteiger partial charge in [-0.2, -0.15) is 0 Å². The van der Waals surface area contributed by atoms with E-state index in [1.165, 1.54) is 12.8 Å². The summed E-state index contributed by atoms with van der Waals surface area (Å²) in [6.07, 6.45) is 4.65. The molecule has 2 rings (SSSR count). The summed E-state index contributed by atoms with van der Waals surface area (Å²) in [4.78, 5) is 2.22. The van der Waals surface area contributed by atoms with Gasteiger partial charge in [-0.1, -0.05) is 19.4 Å². The molecule has 3 heteroatoms. The van der Waals surface area contributed by atoms with Gasteiger partial charge in [-0.15, -0.1) is 11.6 Å². The van der Waals surface area contributed by atoms with Crippen LogP contribution in [0.1, 0.15) is 38.2 Å². The zero-order valence-electron chi connectivity index (χ0n) is 10.3. The minimum Gasteiger partial charge on any atom is -0.366 e. The number of nitrogens with zero attached hydrogens (tertiary/aromatic N) is 1. The van der Waals surface area contributed by atoms with Gasteiger partial charge in [0.1, 0.15) is 5.82 Å². The third-order valence-corrected chi connectivity index (χ3v) is 3.52. The van der Waals surface area contributed by atoms with Gasteiger partial charge in [0.05, 0.1) is 5.69 Å². The van der Waals surface area contributed by atoms with Crippen molar-refractivity contribution in [2.75, 3.05) is 11.4 Å². The molecule has 0 unspecified atom stereocenters. The number of benzene rings is 1. The molecular weight excluding hydrogens is 237 g/mol. The Morgan fingerprint density at radius 2 is 2.18 bits per heavy atom. The van der Waals surface area contributed by atoms with E-state index in [4.69, 9.17) is 11.6 Å². The van der Waals surface area contributed by atoms with E-state index in [0.29, 0.717) is 11.9 Å². The molecule has 0 heterocycles. The molecule has 0 N–H and O–H groups in total. The zero-order valence-corrected chi connectivity index (χ0v) is 11.0. The van der Waals surface area contributed by atoms with E-state index < -0.39 is 0 Å². The van der Waals surface area contributed by atoms with E-state index in [-0.39, 0.29) is 5.82 Å². The summed E-state index contributed by atoms with van der Waals surface area (Å²) >= 11 is 5.71. The average molecular weight is 256 g/mol. The molecule has 1 aromatic carbocycles. The van der Waals surface area contributed by atoms with Crippen LogP contribution in [0.3, 0.4) is 0 Å². The van der Waals surface area contributed by atoms with Gasteiger partial charge in [-0.05, 0) is 37.0 Å². The molecule has 1 aliphatic rings.